The molecule has 3 aromatic carbocycles. The molecule has 35 heavy (non-hydrogen) atoms. The number of para-hydroxylation sites is 1. The molecule has 0 fully saturated rings. The summed E-state index contributed by atoms with van der Waals surface area (Å²) in [5, 5.41) is 12.3. The summed E-state index contributed by atoms with van der Waals surface area (Å²) in [6.45, 7) is 2.02. The number of carbonyl (C=O) groups excluding carboxylic acids is 2. The van der Waals surface area contributed by atoms with Gasteiger partial charge in [-0.15, -0.1) is 0 Å². The van der Waals surface area contributed by atoms with Crippen LogP contribution in [0.3, 0.4) is 0 Å². The number of hydrogen-bond donors (Lipinski definition) is 2. The van der Waals surface area contributed by atoms with Crippen LogP contribution in [-0.4, -0.2) is 42.3 Å². The van der Waals surface area contributed by atoms with Crippen LogP contribution in [-0.2, 0) is 14.3 Å². The number of alkyl carbamates (subject to hydrolysis) is 1. The number of carboxylic acids is 1. The van der Waals surface area contributed by atoms with Crippen LogP contribution in [0.15, 0.2) is 72.8 Å². The van der Waals surface area contributed by atoms with Crippen molar-refractivity contribution in [3.05, 3.63) is 89.5 Å². The van der Waals surface area contributed by atoms with Gasteiger partial charge in [-0.2, -0.15) is 0 Å². The number of nitrogens with one attached hydrogen (secondary N) is 1. The van der Waals surface area contributed by atoms with Gasteiger partial charge in [0.2, 0.25) is 5.91 Å². The maximum Gasteiger partial charge on any atom is 0.407 e. The van der Waals surface area contributed by atoms with Crippen molar-refractivity contribution in [3.63, 3.8) is 0 Å². The van der Waals surface area contributed by atoms with Crippen LogP contribution < -0.4 is 10.2 Å². The SMILES string of the molecule is C[C@@H](CC(=O)N1CC(C(=O)O)c2ccccc21)NC(=O)OCC1c2ccccc2-c2ccccc21. The second kappa shape index (κ2) is 9.25. The highest BCUT2D eigenvalue weighted by Gasteiger charge is 2.36. The number of rotatable bonds is 6. The lowest BCUT2D eigenvalue weighted by atomic mass is 9.98. The molecule has 0 bridgehead atoms. The number of ether oxygens (including phenoxy) is 1. The van der Waals surface area contributed by atoms with Gasteiger partial charge in [-0.1, -0.05) is 66.7 Å². The van der Waals surface area contributed by atoms with E-state index in [2.05, 4.69) is 29.6 Å². The highest BCUT2D eigenvalue weighted by molar-refractivity contribution is 5.99. The van der Waals surface area contributed by atoms with Gasteiger partial charge < -0.3 is 20.1 Å². The standard InChI is InChI=1S/C28H26N2O5/c1-17(14-26(31)30-15-23(27(32)33)22-12-6-7-13-25(22)30)29-28(34)35-16-24-20-10-4-2-8-18(20)19-9-3-5-11-21(19)24/h2-13,17,23-24H,14-16H2,1H3,(H,29,34)(H,32,33)/t17-,23?/m0/s1. The molecule has 2 atom stereocenters. The fourth-order valence-electron chi connectivity index (χ4n) is 5.12. The Kier molecular flexibility index (Phi) is 5.99. The van der Waals surface area contributed by atoms with Crippen LogP contribution in [0.4, 0.5) is 10.5 Å². The van der Waals surface area contributed by atoms with Gasteiger partial charge in [-0.3, -0.25) is 9.59 Å². The van der Waals surface area contributed by atoms with Crippen molar-refractivity contribution in [2.45, 2.75) is 31.2 Å². The Balaban J connectivity index is 1.19. The Bertz CT molecular complexity index is 1260. The summed E-state index contributed by atoms with van der Waals surface area (Å²) in [5.74, 6) is -2.00. The summed E-state index contributed by atoms with van der Waals surface area (Å²) in [6.07, 6.45) is -0.553. The minimum absolute atomic E-state index is 0.0326. The van der Waals surface area contributed by atoms with E-state index in [1.165, 1.54) is 4.90 Å². The lowest BCUT2D eigenvalue weighted by molar-refractivity contribution is -0.138. The lowest BCUT2D eigenvalue weighted by Gasteiger charge is -2.21. The first-order chi connectivity index (χ1) is 16.9. The van der Waals surface area contributed by atoms with Crippen LogP contribution in [0.1, 0.15) is 41.9 Å². The van der Waals surface area contributed by atoms with E-state index in [1.807, 2.05) is 24.3 Å². The third-order valence-corrected chi connectivity index (χ3v) is 6.76. The van der Waals surface area contributed by atoms with Crippen LogP contribution >= 0.6 is 0 Å². The van der Waals surface area contributed by atoms with Gasteiger partial charge >= 0.3 is 12.1 Å². The van der Waals surface area contributed by atoms with Crippen LogP contribution in [0.5, 0.6) is 0 Å². The Hall–Kier alpha value is -4.13. The second-order valence-corrected chi connectivity index (χ2v) is 9.03. The normalized spacial score (nSPS) is 16.7. The van der Waals surface area contributed by atoms with E-state index in [9.17, 15) is 19.5 Å². The summed E-state index contributed by atoms with van der Waals surface area (Å²) in [7, 11) is 0. The molecule has 2 N–H and O–H groups in total. The fraction of sp³-hybridized carbons (Fsp3) is 0.250. The molecular weight excluding hydrogens is 444 g/mol. The van der Waals surface area contributed by atoms with Crippen LogP contribution in [0.2, 0.25) is 0 Å². The highest BCUT2D eigenvalue weighted by Crippen LogP contribution is 2.44. The van der Waals surface area contributed by atoms with Crippen molar-refractivity contribution >= 4 is 23.7 Å². The molecule has 0 spiro atoms. The van der Waals surface area contributed by atoms with Crippen LogP contribution in [0.25, 0.3) is 11.1 Å². The second-order valence-electron chi connectivity index (χ2n) is 9.03. The molecule has 7 nitrogen and oxygen atoms in total. The van der Waals surface area contributed by atoms with E-state index in [0.29, 0.717) is 11.3 Å². The summed E-state index contributed by atoms with van der Waals surface area (Å²) in [6, 6.07) is 22.8. The average molecular weight is 471 g/mol. The zero-order valence-electron chi connectivity index (χ0n) is 19.3. The Morgan fingerprint density at radius 3 is 2.14 bits per heavy atom. The predicted octanol–water partition coefficient (Wildman–Crippen LogP) is 4.52. The first-order valence-corrected chi connectivity index (χ1v) is 11.7. The molecule has 0 radical (unpaired) electrons. The summed E-state index contributed by atoms with van der Waals surface area (Å²) < 4.78 is 5.57. The van der Waals surface area contributed by atoms with Gasteiger partial charge in [0.05, 0.1) is 0 Å². The van der Waals surface area contributed by atoms with Crippen LogP contribution in [0, 0.1) is 0 Å². The van der Waals surface area contributed by atoms with E-state index in [0.717, 1.165) is 22.3 Å². The lowest BCUT2D eigenvalue weighted by Crippen LogP contribution is -2.39. The number of aliphatic carboxylic acids is 1. The molecule has 7 heteroatoms. The minimum atomic E-state index is -0.961. The first kappa shape index (κ1) is 22.7. The smallest absolute Gasteiger partial charge is 0.407 e. The Morgan fingerprint density at radius 1 is 0.943 bits per heavy atom. The van der Waals surface area contributed by atoms with E-state index in [1.54, 1.807) is 31.2 Å². The molecular formula is C28H26N2O5. The van der Waals surface area contributed by atoms with Crippen molar-refractivity contribution in [2.24, 2.45) is 0 Å². The maximum atomic E-state index is 13.0. The summed E-state index contributed by atoms with van der Waals surface area (Å²) in [4.78, 5) is 38.6. The fourth-order valence-corrected chi connectivity index (χ4v) is 5.12. The summed E-state index contributed by atoms with van der Waals surface area (Å²) in [5.41, 5.74) is 5.81. The molecule has 0 saturated carbocycles. The number of benzene rings is 3. The van der Waals surface area contributed by atoms with Gasteiger partial charge in [-0.25, -0.2) is 4.79 Å². The predicted molar refractivity (Wildman–Crippen MR) is 131 cm³/mol. The van der Waals surface area contributed by atoms with Gasteiger partial charge in [-0.05, 0) is 40.8 Å². The number of amides is 2. The molecule has 2 amide bonds. The van der Waals surface area contributed by atoms with Crippen molar-refractivity contribution < 1.29 is 24.2 Å². The Labute approximate surface area is 203 Å². The summed E-state index contributed by atoms with van der Waals surface area (Å²) >= 11 is 0. The van der Waals surface area contributed by atoms with E-state index < -0.39 is 24.0 Å². The maximum absolute atomic E-state index is 13.0. The van der Waals surface area contributed by atoms with E-state index in [-0.39, 0.29) is 31.4 Å². The monoisotopic (exact) mass is 470 g/mol. The van der Waals surface area contributed by atoms with Crippen molar-refractivity contribution in [1.82, 2.24) is 5.32 Å². The first-order valence-electron chi connectivity index (χ1n) is 11.7. The third-order valence-electron chi connectivity index (χ3n) is 6.76. The Morgan fingerprint density at radius 2 is 1.51 bits per heavy atom. The minimum Gasteiger partial charge on any atom is -0.481 e. The molecule has 5 rings (SSSR count). The quantitative estimate of drug-likeness (QED) is 0.552. The van der Waals surface area contributed by atoms with Gasteiger partial charge in [0.25, 0.3) is 0 Å². The molecule has 1 heterocycles. The van der Waals surface area contributed by atoms with E-state index in [4.69, 9.17) is 4.74 Å². The molecule has 3 aromatic rings. The van der Waals surface area contributed by atoms with Crippen molar-refractivity contribution in [2.75, 3.05) is 18.1 Å². The molecule has 178 valence electrons. The molecule has 1 unspecified atom stereocenters. The largest absolute Gasteiger partial charge is 0.481 e. The highest BCUT2D eigenvalue weighted by atomic mass is 16.5. The number of nitrogens with zero attached hydrogens (tertiary/aromatic N) is 1. The molecule has 0 aromatic heterocycles. The van der Waals surface area contributed by atoms with Gasteiger partial charge in [0.1, 0.15) is 12.5 Å². The number of carboxylic acid groups (broad SMARTS) is 1. The van der Waals surface area contributed by atoms with Crippen molar-refractivity contribution in [1.29, 1.82) is 0 Å². The number of carbonyl (C=O) groups is 3. The van der Waals surface area contributed by atoms with Gasteiger partial charge in [0.15, 0.2) is 0 Å². The topological polar surface area (TPSA) is 95.9 Å². The molecule has 1 aliphatic carbocycles. The van der Waals surface area contributed by atoms with Crippen molar-refractivity contribution in [3.8, 4) is 11.1 Å². The third kappa shape index (κ3) is 4.25. The zero-order chi connectivity index (χ0) is 24.5. The average Bonchev–Trinajstić information content (AvgIpc) is 3.39. The molecule has 1 aliphatic heterocycles. The molecule has 2 aliphatic rings. The molecule has 0 saturated heterocycles. The van der Waals surface area contributed by atoms with E-state index >= 15 is 0 Å². The zero-order valence-corrected chi connectivity index (χ0v) is 19.3. The number of anilines is 1. The number of hydrogen-bond acceptors (Lipinski definition) is 4. The van der Waals surface area contributed by atoms with Gasteiger partial charge in [0, 0.05) is 30.6 Å². The number of fused-ring (bicyclic) bond motifs is 4.